The van der Waals surface area contributed by atoms with Crippen LogP contribution in [0, 0.1) is 6.92 Å². The molecule has 4 nitrogen and oxygen atoms in total. The van der Waals surface area contributed by atoms with Crippen molar-refractivity contribution in [2.24, 2.45) is 4.99 Å². The van der Waals surface area contributed by atoms with E-state index in [9.17, 15) is 31.1 Å². The lowest BCUT2D eigenvalue weighted by Gasteiger charge is -2.39. The Morgan fingerprint density at radius 1 is 1.17 bits per heavy atom. The van der Waals surface area contributed by atoms with Gasteiger partial charge in [0.2, 0.25) is 0 Å². The predicted octanol–water partition coefficient (Wildman–Crippen LogP) is 3.81. The summed E-state index contributed by atoms with van der Waals surface area (Å²) in [6.07, 6.45) is -11.7. The molecule has 1 aromatic carbocycles. The molecule has 2 heterocycles. The van der Waals surface area contributed by atoms with E-state index in [1.165, 1.54) is 6.07 Å². The summed E-state index contributed by atoms with van der Waals surface area (Å²) in [6, 6.07) is 3.14. The van der Waals surface area contributed by atoms with Crippen molar-refractivity contribution in [1.82, 2.24) is 5.32 Å². The number of nitrogens with zero attached hydrogens (tertiary/aromatic N) is 2. The summed E-state index contributed by atoms with van der Waals surface area (Å²) in [5.74, 6) is 0. The number of anilines is 1. The molecule has 0 aromatic heterocycles. The average Bonchev–Trinajstić information content (AvgIpc) is 2.75. The van der Waals surface area contributed by atoms with E-state index in [0.717, 1.165) is 10.2 Å². The number of carbonyl (C=O) groups excluding carboxylic acids is 1. The number of rotatable bonds is 0. The van der Waals surface area contributed by atoms with Crippen LogP contribution in [0.15, 0.2) is 28.1 Å². The lowest BCUT2D eigenvalue weighted by Crippen LogP contribution is -2.71. The summed E-state index contributed by atoms with van der Waals surface area (Å²) in [6.45, 7) is 1.59. The average molecular weight is 355 g/mol. The van der Waals surface area contributed by atoms with Gasteiger partial charge >= 0.3 is 24.0 Å². The molecule has 124 valence electrons. The molecule has 0 spiro atoms. The Labute approximate surface area is 129 Å². The molecular weight excluding hydrogens is 348 g/mol. The number of aryl methyl sites for hydroxylation is 1. The summed E-state index contributed by atoms with van der Waals surface area (Å²) in [4.78, 5) is 16.0. The van der Waals surface area contributed by atoms with Crippen LogP contribution in [-0.4, -0.2) is 29.2 Å². The molecule has 11 heteroatoms. The summed E-state index contributed by atoms with van der Waals surface area (Å²) in [5, 5.41) is 0.326. The first-order valence-electron chi connectivity index (χ1n) is 6.11. The van der Waals surface area contributed by atoms with Crippen LogP contribution < -0.4 is 10.2 Å². The first kappa shape index (κ1) is 16.0. The third kappa shape index (κ3) is 2.09. The van der Waals surface area contributed by atoms with E-state index in [-0.39, 0.29) is 5.69 Å². The van der Waals surface area contributed by atoms with Crippen LogP contribution in [0.3, 0.4) is 0 Å². The Morgan fingerprint density at radius 3 is 2.35 bits per heavy atom. The molecule has 0 fully saturated rings. The Balaban J connectivity index is 2.21. The number of para-hydroxylation sites is 1. The number of fused-ring (bicyclic) bond motifs is 3. The van der Waals surface area contributed by atoms with Crippen LogP contribution in [0.4, 0.5) is 36.8 Å². The van der Waals surface area contributed by atoms with Gasteiger partial charge < -0.3 is 0 Å². The zero-order chi connectivity index (χ0) is 17.2. The molecule has 0 radical (unpaired) electrons. The van der Waals surface area contributed by atoms with Crippen molar-refractivity contribution in [1.29, 1.82) is 0 Å². The highest BCUT2D eigenvalue weighted by Gasteiger charge is 2.75. The number of benzene rings is 1. The van der Waals surface area contributed by atoms with Crippen molar-refractivity contribution in [2.75, 3.05) is 4.90 Å². The molecule has 3 rings (SSSR count). The molecule has 0 saturated heterocycles. The zero-order valence-electron chi connectivity index (χ0n) is 11.2. The van der Waals surface area contributed by atoms with Gasteiger partial charge in [0.25, 0.3) is 0 Å². The highest BCUT2D eigenvalue weighted by molar-refractivity contribution is 8.15. The van der Waals surface area contributed by atoms with Crippen molar-refractivity contribution in [3.63, 3.8) is 0 Å². The summed E-state index contributed by atoms with van der Waals surface area (Å²) < 4.78 is 78.4. The van der Waals surface area contributed by atoms with Gasteiger partial charge in [0.1, 0.15) is 0 Å². The van der Waals surface area contributed by atoms with E-state index in [4.69, 9.17) is 0 Å². The maximum absolute atomic E-state index is 13.1. The van der Waals surface area contributed by atoms with E-state index < -0.39 is 29.2 Å². The van der Waals surface area contributed by atoms with Crippen LogP contribution >= 0.6 is 11.8 Å². The zero-order valence-corrected chi connectivity index (χ0v) is 12.0. The Bertz CT molecular complexity index is 712. The fourth-order valence-electron chi connectivity index (χ4n) is 2.31. The topological polar surface area (TPSA) is 44.7 Å². The molecule has 23 heavy (non-hydrogen) atoms. The molecule has 2 aliphatic rings. The number of thioether (sulfide) groups is 1. The standard InChI is InChI=1S/C12H7F6N3OS/c1-5-3-2-4-6-7(5)21-8(22)19-10(11(13,14)15,12(16,17)18)20-9(21)23-6/h2-4H,1H3,(H,19,22). The fourth-order valence-corrected chi connectivity index (χ4v) is 3.45. The molecule has 1 N–H and O–H groups in total. The van der Waals surface area contributed by atoms with Gasteiger partial charge in [-0.15, -0.1) is 0 Å². The SMILES string of the molecule is Cc1cccc2c1N1C(=O)NC(C(F)(F)F)(C(F)(F)F)N=C1S2. The van der Waals surface area contributed by atoms with E-state index in [1.807, 2.05) is 0 Å². The number of amidine groups is 1. The molecule has 0 aliphatic carbocycles. The van der Waals surface area contributed by atoms with Crippen LogP contribution in [0.1, 0.15) is 5.56 Å². The van der Waals surface area contributed by atoms with Crippen molar-refractivity contribution in [3.05, 3.63) is 23.8 Å². The normalized spacial score (nSPS) is 19.9. The molecular formula is C12H7F6N3OS. The van der Waals surface area contributed by atoms with Gasteiger partial charge in [-0.05, 0) is 30.3 Å². The van der Waals surface area contributed by atoms with Crippen LogP contribution in [0.5, 0.6) is 0 Å². The number of amides is 2. The number of carbonyl (C=O) groups is 1. The van der Waals surface area contributed by atoms with E-state index in [0.29, 0.717) is 22.2 Å². The molecule has 0 unspecified atom stereocenters. The summed E-state index contributed by atoms with van der Waals surface area (Å²) in [5.41, 5.74) is -3.89. The Hall–Kier alpha value is -1.91. The van der Waals surface area contributed by atoms with Crippen LogP contribution in [-0.2, 0) is 0 Å². The Morgan fingerprint density at radius 2 is 1.78 bits per heavy atom. The highest BCUT2D eigenvalue weighted by atomic mass is 32.2. The number of nitrogens with one attached hydrogen (secondary N) is 1. The second kappa shape index (κ2) is 4.56. The van der Waals surface area contributed by atoms with Crippen LogP contribution in [0.2, 0.25) is 0 Å². The van der Waals surface area contributed by atoms with Gasteiger partial charge in [-0.2, -0.15) is 26.3 Å². The first-order chi connectivity index (χ1) is 10.5. The lowest BCUT2D eigenvalue weighted by molar-refractivity contribution is -0.301. The first-order valence-corrected chi connectivity index (χ1v) is 6.92. The van der Waals surface area contributed by atoms with Gasteiger partial charge in [0, 0.05) is 4.90 Å². The number of hydrogen-bond donors (Lipinski definition) is 1. The monoisotopic (exact) mass is 355 g/mol. The van der Waals surface area contributed by atoms with Crippen molar-refractivity contribution < 1.29 is 31.1 Å². The predicted molar refractivity (Wildman–Crippen MR) is 70.3 cm³/mol. The minimum Gasteiger partial charge on any atom is -0.297 e. The minimum atomic E-state index is -5.83. The van der Waals surface area contributed by atoms with E-state index in [1.54, 1.807) is 19.1 Å². The van der Waals surface area contributed by atoms with Crippen molar-refractivity contribution in [2.45, 2.75) is 29.8 Å². The number of hydrogen-bond acceptors (Lipinski definition) is 3. The number of alkyl halides is 6. The van der Waals surface area contributed by atoms with Gasteiger partial charge in [-0.25, -0.2) is 14.7 Å². The maximum Gasteiger partial charge on any atom is 0.441 e. The lowest BCUT2D eigenvalue weighted by atomic mass is 10.1. The van der Waals surface area contributed by atoms with Crippen molar-refractivity contribution >= 4 is 28.6 Å². The van der Waals surface area contributed by atoms with Crippen LogP contribution in [0.25, 0.3) is 0 Å². The summed E-state index contributed by atoms with van der Waals surface area (Å²) >= 11 is 0.588. The van der Waals surface area contributed by atoms with Crippen molar-refractivity contribution in [3.8, 4) is 0 Å². The van der Waals surface area contributed by atoms with Gasteiger partial charge in [0.05, 0.1) is 5.69 Å². The van der Waals surface area contributed by atoms with Gasteiger partial charge in [-0.1, -0.05) is 12.1 Å². The largest absolute Gasteiger partial charge is 0.441 e. The van der Waals surface area contributed by atoms with E-state index >= 15 is 0 Å². The second-order valence-corrected chi connectivity index (χ2v) is 5.90. The highest BCUT2D eigenvalue weighted by Crippen LogP contribution is 2.50. The minimum absolute atomic E-state index is 0.228. The fraction of sp³-hybridized carbons (Fsp3) is 0.333. The number of aliphatic imine (C=N–C) groups is 1. The van der Waals surface area contributed by atoms with Gasteiger partial charge in [-0.3, -0.25) is 5.32 Å². The smallest absolute Gasteiger partial charge is 0.297 e. The molecule has 2 amide bonds. The molecule has 2 aliphatic heterocycles. The summed E-state index contributed by atoms with van der Waals surface area (Å²) in [7, 11) is 0. The quantitative estimate of drug-likeness (QED) is 0.720. The Kier molecular flexibility index (Phi) is 3.16. The molecule has 1 aromatic rings. The third-order valence-corrected chi connectivity index (χ3v) is 4.40. The molecule has 0 atom stereocenters. The second-order valence-electron chi connectivity index (χ2n) is 4.89. The van der Waals surface area contributed by atoms with E-state index in [2.05, 4.69) is 4.99 Å². The third-order valence-electron chi connectivity index (χ3n) is 3.39. The molecule has 0 saturated carbocycles. The maximum atomic E-state index is 13.1. The number of halogens is 6. The number of urea groups is 1. The van der Waals surface area contributed by atoms with Gasteiger partial charge in [0.15, 0.2) is 5.17 Å². The molecule has 0 bridgehead atoms.